The van der Waals surface area contributed by atoms with Crippen LogP contribution >= 0.6 is 58.0 Å². The lowest BCUT2D eigenvalue weighted by molar-refractivity contribution is 0.104. The van der Waals surface area contributed by atoms with E-state index in [-0.39, 0.29) is 30.7 Å². The lowest BCUT2D eigenvalue weighted by atomic mass is 10.1. The van der Waals surface area contributed by atoms with Crippen LogP contribution in [-0.4, -0.2) is 5.78 Å². The zero-order valence-electron chi connectivity index (χ0n) is 12.8. The number of carbonyl (C=O) groups excluding carboxylic acids is 1. The van der Waals surface area contributed by atoms with Crippen molar-refractivity contribution in [3.8, 4) is 0 Å². The lowest BCUT2D eigenvalue weighted by Gasteiger charge is -2.15. The van der Waals surface area contributed by atoms with Gasteiger partial charge < -0.3 is 5.32 Å². The Morgan fingerprint density at radius 1 is 0.692 bits per heavy atom. The Hall–Kier alpha value is -1.42. The summed E-state index contributed by atoms with van der Waals surface area (Å²) in [5.74, 6) is -0.449. The number of ketones is 1. The van der Waals surface area contributed by atoms with Gasteiger partial charge in [0.1, 0.15) is 5.03 Å². The summed E-state index contributed by atoms with van der Waals surface area (Å²) in [5, 5.41) is 5.48. The Labute approximate surface area is 174 Å². The molecule has 0 saturated carbocycles. The molecule has 7 heteroatoms. The molecule has 0 bridgehead atoms. The number of benzene rings is 3. The second kappa shape index (κ2) is 6.63. The van der Waals surface area contributed by atoms with Gasteiger partial charge in [0.05, 0.1) is 31.4 Å². The molecule has 3 aromatic carbocycles. The standard InChI is InChI=1S/C19H8Cl5NO/c20-13-11-12(14(21)16(23)15(13)22)19(26)17(24)18(11)25-10-7-3-5-8-4-1-2-6-9(8)10/h1-7,25H. The molecule has 4 rings (SSSR count). The summed E-state index contributed by atoms with van der Waals surface area (Å²) in [5.41, 5.74) is 1.64. The summed E-state index contributed by atoms with van der Waals surface area (Å²) in [6, 6.07) is 13.6. The fourth-order valence-corrected chi connectivity index (χ4v) is 4.27. The quantitative estimate of drug-likeness (QED) is 0.325. The maximum absolute atomic E-state index is 12.6. The molecule has 0 amide bonds. The van der Waals surface area contributed by atoms with Crippen LogP contribution < -0.4 is 5.32 Å². The second-order valence-electron chi connectivity index (χ2n) is 5.68. The van der Waals surface area contributed by atoms with Crippen molar-refractivity contribution in [2.45, 2.75) is 0 Å². The summed E-state index contributed by atoms with van der Waals surface area (Å²) in [6.07, 6.45) is 0. The van der Waals surface area contributed by atoms with E-state index < -0.39 is 5.78 Å². The van der Waals surface area contributed by atoms with Gasteiger partial charge in [0, 0.05) is 16.6 Å². The van der Waals surface area contributed by atoms with Crippen molar-refractivity contribution in [3.05, 3.63) is 78.7 Å². The first-order valence-electron chi connectivity index (χ1n) is 7.47. The maximum atomic E-state index is 12.6. The number of carbonyl (C=O) groups is 1. The highest BCUT2D eigenvalue weighted by atomic mass is 35.5. The monoisotopic (exact) mass is 441 g/mol. The van der Waals surface area contributed by atoms with Crippen LogP contribution in [-0.2, 0) is 0 Å². The third-order valence-corrected chi connectivity index (χ3v) is 6.37. The first-order valence-corrected chi connectivity index (χ1v) is 9.36. The van der Waals surface area contributed by atoms with E-state index in [1.54, 1.807) is 0 Å². The van der Waals surface area contributed by atoms with Gasteiger partial charge in [-0.3, -0.25) is 4.79 Å². The predicted octanol–water partition coefficient (Wildman–Crippen LogP) is 7.67. The molecular weight excluding hydrogens is 435 g/mol. The zero-order valence-corrected chi connectivity index (χ0v) is 16.6. The minimum Gasteiger partial charge on any atom is -0.353 e. The number of halogens is 5. The van der Waals surface area contributed by atoms with Gasteiger partial charge in [-0.15, -0.1) is 0 Å². The van der Waals surface area contributed by atoms with Crippen LogP contribution in [0.4, 0.5) is 5.69 Å². The van der Waals surface area contributed by atoms with Crippen molar-refractivity contribution in [1.29, 1.82) is 0 Å². The van der Waals surface area contributed by atoms with Crippen LogP contribution in [0, 0.1) is 0 Å². The van der Waals surface area contributed by atoms with Gasteiger partial charge in [-0.2, -0.15) is 0 Å². The number of hydrogen-bond donors (Lipinski definition) is 1. The maximum Gasteiger partial charge on any atom is 0.208 e. The van der Waals surface area contributed by atoms with Gasteiger partial charge >= 0.3 is 0 Å². The lowest BCUT2D eigenvalue weighted by Crippen LogP contribution is -2.01. The largest absolute Gasteiger partial charge is 0.353 e. The molecule has 0 unspecified atom stereocenters. The molecule has 1 aliphatic rings. The Balaban J connectivity index is 1.93. The van der Waals surface area contributed by atoms with Gasteiger partial charge in [-0.25, -0.2) is 0 Å². The first-order chi connectivity index (χ1) is 12.4. The van der Waals surface area contributed by atoms with Gasteiger partial charge in [-0.05, 0) is 11.5 Å². The van der Waals surface area contributed by atoms with E-state index >= 15 is 0 Å². The minimum atomic E-state index is -0.449. The molecule has 0 aliphatic heterocycles. The highest BCUT2D eigenvalue weighted by molar-refractivity contribution is 6.58. The van der Waals surface area contributed by atoms with E-state index in [0.717, 1.165) is 16.5 Å². The summed E-state index contributed by atoms with van der Waals surface area (Å²) < 4.78 is 0. The number of anilines is 1. The van der Waals surface area contributed by atoms with Crippen molar-refractivity contribution in [3.63, 3.8) is 0 Å². The van der Waals surface area contributed by atoms with Crippen LogP contribution in [0.1, 0.15) is 15.9 Å². The van der Waals surface area contributed by atoms with E-state index in [1.807, 2.05) is 42.5 Å². The summed E-state index contributed by atoms with van der Waals surface area (Å²) >= 11 is 31.2. The molecule has 0 saturated heterocycles. The van der Waals surface area contributed by atoms with Crippen molar-refractivity contribution in [2.75, 3.05) is 5.32 Å². The summed E-state index contributed by atoms with van der Waals surface area (Å²) in [4.78, 5) is 12.6. The first kappa shape index (κ1) is 18.0. The Morgan fingerprint density at radius 3 is 2.04 bits per heavy atom. The molecule has 0 heterocycles. The van der Waals surface area contributed by atoms with Gasteiger partial charge in [0.15, 0.2) is 0 Å². The van der Waals surface area contributed by atoms with Crippen molar-refractivity contribution >= 4 is 85.9 Å². The zero-order chi connectivity index (χ0) is 18.6. The van der Waals surface area contributed by atoms with E-state index in [2.05, 4.69) is 5.32 Å². The number of rotatable bonds is 2. The van der Waals surface area contributed by atoms with E-state index in [0.29, 0.717) is 11.3 Å². The molecular formula is C19H8Cl5NO. The third-order valence-electron chi connectivity index (χ3n) is 4.21. The number of allylic oxidation sites excluding steroid dienone is 1. The second-order valence-corrected chi connectivity index (χ2v) is 7.57. The normalized spacial score (nSPS) is 13.5. The molecule has 26 heavy (non-hydrogen) atoms. The molecule has 3 aromatic rings. The molecule has 0 spiro atoms. The van der Waals surface area contributed by atoms with E-state index in [9.17, 15) is 4.79 Å². The SMILES string of the molecule is O=C1C(Cl)=C(Nc2cccc3ccccc23)c2c(Cl)c(Cl)c(Cl)c(Cl)c21. The minimum absolute atomic E-state index is 0.0185. The fourth-order valence-electron chi connectivity index (χ4n) is 3.00. The summed E-state index contributed by atoms with van der Waals surface area (Å²) in [6.45, 7) is 0. The Morgan fingerprint density at radius 2 is 1.31 bits per heavy atom. The number of nitrogens with one attached hydrogen (secondary N) is 1. The van der Waals surface area contributed by atoms with Crippen LogP contribution in [0.25, 0.3) is 16.5 Å². The number of hydrogen-bond acceptors (Lipinski definition) is 2. The highest BCUT2D eigenvalue weighted by Crippen LogP contribution is 2.49. The molecule has 2 nitrogen and oxygen atoms in total. The molecule has 0 atom stereocenters. The Bertz CT molecular complexity index is 1130. The topological polar surface area (TPSA) is 29.1 Å². The fraction of sp³-hybridized carbons (Fsp3) is 0. The van der Waals surface area contributed by atoms with E-state index in [4.69, 9.17) is 58.0 Å². The molecule has 130 valence electrons. The highest BCUT2D eigenvalue weighted by Gasteiger charge is 2.36. The van der Waals surface area contributed by atoms with Gasteiger partial charge in [0.25, 0.3) is 0 Å². The van der Waals surface area contributed by atoms with Crippen LogP contribution in [0.3, 0.4) is 0 Å². The summed E-state index contributed by atoms with van der Waals surface area (Å²) in [7, 11) is 0. The van der Waals surface area contributed by atoms with E-state index in [1.165, 1.54) is 0 Å². The average Bonchev–Trinajstić information content (AvgIpc) is 2.90. The third kappa shape index (κ3) is 2.60. The smallest absolute Gasteiger partial charge is 0.208 e. The number of Topliss-reactive ketones (excluding diaryl/α,β-unsaturated/α-hetero) is 1. The van der Waals surface area contributed by atoms with Gasteiger partial charge in [-0.1, -0.05) is 94.4 Å². The molecule has 0 fully saturated rings. The molecule has 1 N–H and O–H groups in total. The molecule has 0 aromatic heterocycles. The van der Waals surface area contributed by atoms with Crippen molar-refractivity contribution in [1.82, 2.24) is 0 Å². The molecule has 0 radical (unpaired) electrons. The van der Waals surface area contributed by atoms with Gasteiger partial charge in [0.2, 0.25) is 5.78 Å². The van der Waals surface area contributed by atoms with Crippen molar-refractivity contribution in [2.24, 2.45) is 0 Å². The average molecular weight is 444 g/mol. The predicted molar refractivity (Wildman–Crippen MR) is 111 cm³/mol. The Kier molecular flexibility index (Phi) is 4.58. The van der Waals surface area contributed by atoms with Crippen LogP contribution in [0.5, 0.6) is 0 Å². The number of fused-ring (bicyclic) bond motifs is 2. The van der Waals surface area contributed by atoms with Crippen LogP contribution in [0.2, 0.25) is 20.1 Å². The molecule has 1 aliphatic carbocycles. The van der Waals surface area contributed by atoms with Crippen LogP contribution in [0.15, 0.2) is 47.5 Å². The van der Waals surface area contributed by atoms with Crippen molar-refractivity contribution < 1.29 is 4.79 Å².